The van der Waals surface area contributed by atoms with Crippen LogP contribution in [0.1, 0.15) is 16.2 Å². The third-order valence-electron chi connectivity index (χ3n) is 3.26. The molecule has 100 valence electrons. The van der Waals surface area contributed by atoms with E-state index >= 15 is 0 Å². The summed E-state index contributed by atoms with van der Waals surface area (Å²) < 4.78 is 8.05. The minimum absolute atomic E-state index is 0.0198. The topological polar surface area (TPSA) is 46.8 Å². The Bertz CT molecular complexity index is 632. The molecule has 1 aliphatic heterocycles. The van der Waals surface area contributed by atoms with E-state index in [1.165, 1.54) is 0 Å². The van der Waals surface area contributed by atoms with Gasteiger partial charge in [0.05, 0.1) is 18.9 Å². The third kappa shape index (κ3) is 2.26. The van der Waals surface area contributed by atoms with Crippen molar-refractivity contribution >= 4 is 27.5 Å². The number of carbonyl (C=O) groups is 1. The summed E-state index contributed by atoms with van der Waals surface area (Å²) in [7, 11) is 0. The molecule has 5 nitrogen and oxygen atoms in total. The number of aryl methyl sites for hydroxylation is 1. The molecule has 2 aromatic rings. The molecule has 0 radical (unpaired) electrons. The Kier molecular flexibility index (Phi) is 3.28. The predicted octanol–water partition coefficient (Wildman–Crippen LogP) is 1.88. The molecule has 2 aromatic heterocycles. The number of nitrogens with zero attached hydrogens (tertiary/aromatic N) is 3. The van der Waals surface area contributed by atoms with Crippen LogP contribution in [0.5, 0.6) is 0 Å². The van der Waals surface area contributed by atoms with Gasteiger partial charge in [0, 0.05) is 23.8 Å². The molecule has 3 rings (SSSR count). The number of ether oxygens (including phenoxy) is 1. The van der Waals surface area contributed by atoms with E-state index in [-0.39, 0.29) is 5.91 Å². The van der Waals surface area contributed by atoms with E-state index in [0.717, 1.165) is 15.8 Å². The zero-order chi connectivity index (χ0) is 13.4. The second kappa shape index (κ2) is 4.94. The normalized spacial score (nSPS) is 16.0. The van der Waals surface area contributed by atoms with Crippen LogP contribution >= 0.6 is 15.9 Å². The molecular weight excluding hydrogens is 310 g/mol. The van der Waals surface area contributed by atoms with Crippen molar-refractivity contribution in [3.63, 3.8) is 0 Å². The Labute approximate surface area is 119 Å². The van der Waals surface area contributed by atoms with Crippen LogP contribution in [0.2, 0.25) is 0 Å². The lowest BCUT2D eigenvalue weighted by Gasteiger charge is -2.26. The Morgan fingerprint density at radius 1 is 1.37 bits per heavy atom. The molecule has 0 atom stereocenters. The van der Waals surface area contributed by atoms with E-state index in [4.69, 9.17) is 4.74 Å². The van der Waals surface area contributed by atoms with Crippen LogP contribution in [0.25, 0.3) is 5.65 Å². The van der Waals surface area contributed by atoms with Crippen LogP contribution in [0.3, 0.4) is 0 Å². The molecule has 19 heavy (non-hydrogen) atoms. The number of amides is 1. The first kappa shape index (κ1) is 12.6. The fraction of sp³-hybridized carbons (Fsp3) is 0.385. The smallest absolute Gasteiger partial charge is 0.272 e. The maximum absolute atomic E-state index is 12.6. The summed E-state index contributed by atoms with van der Waals surface area (Å²) in [6.45, 7) is 4.35. The Balaban J connectivity index is 2.05. The summed E-state index contributed by atoms with van der Waals surface area (Å²) in [5, 5.41) is 0. The maximum Gasteiger partial charge on any atom is 0.272 e. The van der Waals surface area contributed by atoms with Crippen molar-refractivity contribution in [2.45, 2.75) is 6.92 Å². The van der Waals surface area contributed by atoms with Crippen LogP contribution in [-0.2, 0) is 4.74 Å². The fourth-order valence-electron chi connectivity index (χ4n) is 2.31. The van der Waals surface area contributed by atoms with E-state index in [1.54, 1.807) is 0 Å². The quantitative estimate of drug-likeness (QED) is 0.805. The molecule has 0 spiro atoms. The number of imidazole rings is 1. The van der Waals surface area contributed by atoms with Crippen LogP contribution in [0.4, 0.5) is 0 Å². The van der Waals surface area contributed by atoms with Gasteiger partial charge in [-0.25, -0.2) is 4.98 Å². The highest BCUT2D eigenvalue weighted by molar-refractivity contribution is 9.10. The van der Waals surface area contributed by atoms with Crippen LogP contribution in [0, 0.1) is 6.92 Å². The molecule has 0 aliphatic carbocycles. The monoisotopic (exact) mass is 323 g/mol. The highest BCUT2D eigenvalue weighted by Crippen LogP contribution is 2.18. The lowest BCUT2D eigenvalue weighted by molar-refractivity contribution is 0.0297. The number of carbonyl (C=O) groups excluding carboxylic acids is 1. The van der Waals surface area contributed by atoms with Crippen molar-refractivity contribution in [1.82, 2.24) is 14.3 Å². The van der Waals surface area contributed by atoms with Crippen LogP contribution in [-0.4, -0.2) is 46.5 Å². The Morgan fingerprint density at radius 3 is 2.84 bits per heavy atom. The number of hydrogen-bond donors (Lipinski definition) is 0. The predicted molar refractivity (Wildman–Crippen MR) is 74.4 cm³/mol. The van der Waals surface area contributed by atoms with Crippen molar-refractivity contribution in [3.05, 3.63) is 34.2 Å². The summed E-state index contributed by atoms with van der Waals surface area (Å²) in [5.41, 5.74) is 2.19. The lowest BCUT2D eigenvalue weighted by Crippen LogP contribution is -2.41. The molecule has 6 heteroatoms. The number of halogens is 1. The van der Waals surface area contributed by atoms with Gasteiger partial charge in [0.1, 0.15) is 11.3 Å². The standard InChI is InChI=1S/C13H14BrN3O2/c1-9-12(13(18)16-4-6-19-7-5-16)17-8-10(14)2-3-11(17)15-9/h2-3,8H,4-7H2,1H3. The highest BCUT2D eigenvalue weighted by atomic mass is 79.9. The van der Waals surface area contributed by atoms with Gasteiger partial charge in [-0.15, -0.1) is 0 Å². The molecule has 1 fully saturated rings. The number of pyridine rings is 1. The van der Waals surface area contributed by atoms with E-state index in [0.29, 0.717) is 32.0 Å². The van der Waals surface area contributed by atoms with Crippen molar-refractivity contribution < 1.29 is 9.53 Å². The molecule has 0 N–H and O–H groups in total. The number of hydrogen-bond acceptors (Lipinski definition) is 3. The SMILES string of the molecule is Cc1nc2ccc(Br)cn2c1C(=O)N1CCOCC1. The molecule has 1 aliphatic rings. The number of aromatic nitrogens is 2. The molecule has 0 saturated carbocycles. The largest absolute Gasteiger partial charge is 0.378 e. The first-order valence-corrected chi connectivity index (χ1v) is 6.97. The minimum atomic E-state index is 0.0198. The summed E-state index contributed by atoms with van der Waals surface area (Å²) in [5.74, 6) is 0.0198. The van der Waals surface area contributed by atoms with Crippen molar-refractivity contribution in [2.75, 3.05) is 26.3 Å². The first-order chi connectivity index (χ1) is 9.16. The second-order valence-corrected chi connectivity index (χ2v) is 5.44. The van der Waals surface area contributed by atoms with E-state index in [2.05, 4.69) is 20.9 Å². The molecule has 0 aromatic carbocycles. The zero-order valence-corrected chi connectivity index (χ0v) is 12.2. The second-order valence-electron chi connectivity index (χ2n) is 4.53. The fourth-order valence-corrected chi connectivity index (χ4v) is 2.65. The number of fused-ring (bicyclic) bond motifs is 1. The van der Waals surface area contributed by atoms with E-state index in [1.807, 2.05) is 34.6 Å². The Morgan fingerprint density at radius 2 is 2.11 bits per heavy atom. The lowest BCUT2D eigenvalue weighted by atomic mass is 10.3. The molecule has 0 unspecified atom stereocenters. The average Bonchev–Trinajstić information content (AvgIpc) is 2.74. The number of morpholine rings is 1. The zero-order valence-electron chi connectivity index (χ0n) is 10.6. The van der Waals surface area contributed by atoms with Gasteiger partial charge in [0.15, 0.2) is 0 Å². The van der Waals surface area contributed by atoms with Crippen LogP contribution in [0.15, 0.2) is 22.8 Å². The van der Waals surface area contributed by atoms with Crippen molar-refractivity contribution in [1.29, 1.82) is 0 Å². The average molecular weight is 324 g/mol. The van der Waals surface area contributed by atoms with Gasteiger partial charge in [-0.1, -0.05) is 0 Å². The number of rotatable bonds is 1. The summed E-state index contributed by atoms with van der Waals surface area (Å²) >= 11 is 3.43. The summed E-state index contributed by atoms with van der Waals surface area (Å²) in [6.07, 6.45) is 1.88. The van der Waals surface area contributed by atoms with Crippen molar-refractivity contribution in [3.8, 4) is 0 Å². The highest BCUT2D eigenvalue weighted by Gasteiger charge is 2.24. The third-order valence-corrected chi connectivity index (χ3v) is 3.73. The van der Waals surface area contributed by atoms with Gasteiger partial charge >= 0.3 is 0 Å². The van der Waals surface area contributed by atoms with Gasteiger partial charge in [0.25, 0.3) is 5.91 Å². The van der Waals surface area contributed by atoms with Gasteiger partial charge < -0.3 is 9.64 Å². The maximum atomic E-state index is 12.6. The minimum Gasteiger partial charge on any atom is -0.378 e. The van der Waals surface area contributed by atoms with Gasteiger partial charge in [-0.3, -0.25) is 9.20 Å². The molecular formula is C13H14BrN3O2. The first-order valence-electron chi connectivity index (χ1n) is 6.18. The molecule has 0 bridgehead atoms. The van der Waals surface area contributed by atoms with E-state index < -0.39 is 0 Å². The summed E-state index contributed by atoms with van der Waals surface area (Å²) in [4.78, 5) is 18.9. The van der Waals surface area contributed by atoms with Gasteiger partial charge in [-0.2, -0.15) is 0 Å². The summed E-state index contributed by atoms with van der Waals surface area (Å²) in [6, 6.07) is 3.82. The van der Waals surface area contributed by atoms with Crippen LogP contribution < -0.4 is 0 Å². The van der Waals surface area contributed by atoms with Crippen molar-refractivity contribution in [2.24, 2.45) is 0 Å². The Hall–Kier alpha value is -1.40. The van der Waals surface area contributed by atoms with Gasteiger partial charge in [0.2, 0.25) is 0 Å². The van der Waals surface area contributed by atoms with E-state index in [9.17, 15) is 4.79 Å². The molecule has 3 heterocycles. The molecule has 1 saturated heterocycles. The van der Waals surface area contributed by atoms with Gasteiger partial charge in [-0.05, 0) is 35.0 Å². The molecule has 1 amide bonds.